The highest BCUT2D eigenvalue weighted by Crippen LogP contribution is 2.09. The van der Waals surface area contributed by atoms with Gasteiger partial charge in [0, 0.05) is 18.8 Å². The lowest BCUT2D eigenvalue weighted by atomic mass is 10.2. The fourth-order valence-corrected chi connectivity index (χ4v) is 1.67. The molecular formula is C12H15N3OS. The van der Waals surface area contributed by atoms with Crippen molar-refractivity contribution in [3.8, 4) is 6.07 Å². The fourth-order valence-electron chi connectivity index (χ4n) is 1.35. The van der Waals surface area contributed by atoms with Gasteiger partial charge in [-0.1, -0.05) is 6.07 Å². The van der Waals surface area contributed by atoms with E-state index in [-0.39, 0.29) is 6.04 Å². The summed E-state index contributed by atoms with van der Waals surface area (Å²) in [6.45, 7) is 2.56. The van der Waals surface area contributed by atoms with Gasteiger partial charge < -0.3 is 15.4 Å². The summed E-state index contributed by atoms with van der Waals surface area (Å²) in [5.74, 6) is 0. The zero-order valence-corrected chi connectivity index (χ0v) is 10.7. The number of nitrogens with one attached hydrogen (secondary N) is 2. The monoisotopic (exact) mass is 249 g/mol. The summed E-state index contributed by atoms with van der Waals surface area (Å²) >= 11 is 5.15. The van der Waals surface area contributed by atoms with E-state index in [4.69, 9.17) is 22.2 Å². The largest absolute Gasteiger partial charge is 0.383 e. The molecule has 2 N–H and O–H groups in total. The summed E-state index contributed by atoms with van der Waals surface area (Å²) in [6.07, 6.45) is 0. The number of anilines is 1. The van der Waals surface area contributed by atoms with Crippen molar-refractivity contribution in [3.05, 3.63) is 29.8 Å². The maximum Gasteiger partial charge on any atom is 0.171 e. The van der Waals surface area contributed by atoms with Crippen LogP contribution >= 0.6 is 12.2 Å². The molecule has 90 valence electrons. The van der Waals surface area contributed by atoms with Crippen LogP contribution in [0, 0.1) is 11.3 Å². The van der Waals surface area contributed by atoms with Gasteiger partial charge in [0.15, 0.2) is 5.11 Å². The first kappa shape index (κ1) is 13.4. The molecule has 0 saturated carbocycles. The number of nitrogens with zero attached hydrogens (tertiary/aromatic N) is 1. The van der Waals surface area contributed by atoms with Gasteiger partial charge in [0.05, 0.1) is 18.2 Å². The Bertz CT molecular complexity index is 428. The van der Waals surface area contributed by atoms with Crippen LogP contribution in [0.1, 0.15) is 12.5 Å². The predicted molar refractivity (Wildman–Crippen MR) is 71.9 cm³/mol. The van der Waals surface area contributed by atoms with Gasteiger partial charge in [-0.05, 0) is 37.3 Å². The van der Waals surface area contributed by atoms with Crippen molar-refractivity contribution in [1.82, 2.24) is 5.32 Å². The van der Waals surface area contributed by atoms with Crippen molar-refractivity contribution in [2.24, 2.45) is 0 Å². The summed E-state index contributed by atoms with van der Waals surface area (Å²) in [5.41, 5.74) is 1.40. The lowest BCUT2D eigenvalue weighted by Crippen LogP contribution is -2.38. The molecule has 17 heavy (non-hydrogen) atoms. The SMILES string of the molecule is COCC(C)NC(=S)Nc1cccc(C#N)c1. The molecule has 0 aliphatic rings. The third-order valence-corrected chi connectivity index (χ3v) is 2.26. The van der Waals surface area contributed by atoms with Crippen molar-refractivity contribution >= 4 is 23.0 Å². The molecule has 0 aliphatic carbocycles. The molecular weight excluding hydrogens is 234 g/mol. The molecule has 1 unspecified atom stereocenters. The first-order valence-electron chi connectivity index (χ1n) is 5.22. The Morgan fingerprint density at radius 1 is 1.59 bits per heavy atom. The number of ether oxygens (including phenoxy) is 1. The quantitative estimate of drug-likeness (QED) is 0.798. The number of nitriles is 1. The van der Waals surface area contributed by atoms with Gasteiger partial charge in [0.25, 0.3) is 0 Å². The van der Waals surface area contributed by atoms with Crippen molar-refractivity contribution in [3.63, 3.8) is 0 Å². The van der Waals surface area contributed by atoms with Crippen molar-refractivity contribution in [1.29, 1.82) is 5.26 Å². The van der Waals surface area contributed by atoms with Crippen LogP contribution < -0.4 is 10.6 Å². The highest BCUT2D eigenvalue weighted by Gasteiger charge is 2.03. The maximum atomic E-state index is 8.77. The molecule has 5 heteroatoms. The molecule has 0 amide bonds. The van der Waals surface area contributed by atoms with E-state index in [1.165, 1.54) is 0 Å². The molecule has 1 aromatic rings. The molecule has 1 rings (SSSR count). The summed E-state index contributed by atoms with van der Waals surface area (Å²) in [6, 6.07) is 9.37. The van der Waals surface area contributed by atoms with E-state index in [9.17, 15) is 0 Å². The Hall–Kier alpha value is -1.64. The average molecular weight is 249 g/mol. The second-order valence-electron chi connectivity index (χ2n) is 3.65. The molecule has 0 radical (unpaired) electrons. The second-order valence-corrected chi connectivity index (χ2v) is 4.06. The minimum Gasteiger partial charge on any atom is -0.383 e. The molecule has 1 atom stereocenters. The molecule has 0 saturated heterocycles. The first-order valence-corrected chi connectivity index (χ1v) is 5.63. The molecule has 0 bridgehead atoms. The van der Waals surface area contributed by atoms with E-state index in [1.54, 1.807) is 19.2 Å². The van der Waals surface area contributed by atoms with E-state index in [2.05, 4.69) is 16.7 Å². The van der Waals surface area contributed by atoms with E-state index >= 15 is 0 Å². The average Bonchev–Trinajstić information content (AvgIpc) is 2.29. The Morgan fingerprint density at radius 3 is 3.00 bits per heavy atom. The Balaban J connectivity index is 2.53. The highest BCUT2D eigenvalue weighted by atomic mass is 32.1. The zero-order chi connectivity index (χ0) is 12.7. The second kappa shape index (κ2) is 6.84. The molecule has 0 heterocycles. The van der Waals surface area contributed by atoms with Gasteiger partial charge >= 0.3 is 0 Å². The van der Waals surface area contributed by atoms with Crippen molar-refractivity contribution < 1.29 is 4.74 Å². The Kier molecular flexibility index (Phi) is 5.40. The third kappa shape index (κ3) is 4.81. The van der Waals surface area contributed by atoms with E-state index in [0.717, 1.165) is 5.69 Å². The number of methoxy groups -OCH3 is 1. The first-order chi connectivity index (χ1) is 8.15. The van der Waals surface area contributed by atoms with Crippen LogP contribution in [-0.4, -0.2) is 24.9 Å². The lowest BCUT2D eigenvalue weighted by Gasteiger charge is -2.16. The third-order valence-electron chi connectivity index (χ3n) is 2.04. The maximum absolute atomic E-state index is 8.77. The molecule has 4 nitrogen and oxygen atoms in total. The topological polar surface area (TPSA) is 57.1 Å². The van der Waals surface area contributed by atoms with Crippen LogP contribution in [0.2, 0.25) is 0 Å². The minimum atomic E-state index is 0.138. The summed E-state index contributed by atoms with van der Waals surface area (Å²) in [4.78, 5) is 0. The molecule has 0 fully saturated rings. The van der Waals surface area contributed by atoms with Crippen LogP contribution in [0.3, 0.4) is 0 Å². The Morgan fingerprint density at radius 2 is 2.35 bits per heavy atom. The molecule has 0 spiro atoms. The Labute approximate surface area is 107 Å². The fraction of sp³-hybridized carbons (Fsp3) is 0.333. The standard InChI is InChI=1S/C12H15N3OS/c1-9(8-16-2)14-12(17)15-11-5-3-4-10(6-11)7-13/h3-6,9H,8H2,1-2H3,(H2,14,15,17). The number of hydrogen-bond acceptors (Lipinski definition) is 3. The minimum absolute atomic E-state index is 0.138. The number of hydrogen-bond donors (Lipinski definition) is 2. The van der Waals surface area contributed by atoms with Gasteiger partial charge in [-0.3, -0.25) is 0 Å². The highest BCUT2D eigenvalue weighted by molar-refractivity contribution is 7.80. The smallest absolute Gasteiger partial charge is 0.171 e. The van der Waals surface area contributed by atoms with Crippen molar-refractivity contribution in [2.75, 3.05) is 19.0 Å². The number of rotatable bonds is 4. The van der Waals surface area contributed by atoms with Gasteiger partial charge in [-0.2, -0.15) is 5.26 Å². The van der Waals surface area contributed by atoms with Gasteiger partial charge in [0.2, 0.25) is 0 Å². The van der Waals surface area contributed by atoms with Crippen molar-refractivity contribution in [2.45, 2.75) is 13.0 Å². The molecule has 0 aliphatic heterocycles. The van der Waals surface area contributed by atoms with Crippen LogP contribution in [0.5, 0.6) is 0 Å². The van der Waals surface area contributed by atoms with Gasteiger partial charge in [-0.25, -0.2) is 0 Å². The normalized spacial score (nSPS) is 11.4. The predicted octanol–water partition coefficient (Wildman–Crippen LogP) is 1.88. The van der Waals surface area contributed by atoms with Crippen LogP contribution in [-0.2, 0) is 4.74 Å². The summed E-state index contributed by atoms with van der Waals surface area (Å²) < 4.78 is 5.00. The lowest BCUT2D eigenvalue weighted by molar-refractivity contribution is 0.179. The van der Waals surface area contributed by atoms with E-state index in [0.29, 0.717) is 17.3 Å². The number of benzene rings is 1. The van der Waals surface area contributed by atoms with E-state index in [1.807, 2.05) is 19.1 Å². The van der Waals surface area contributed by atoms with Crippen LogP contribution in [0.4, 0.5) is 5.69 Å². The number of thiocarbonyl (C=S) groups is 1. The summed E-state index contributed by atoms with van der Waals surface area (Å²) in [5, 5.41) is 15.4. The summed E-state index contributed by atoms with van der Waals surface area (Å²) in [7, 11) is 1.64. The molecule has 1 aromatic carbocycles. The van der Waals surface area contributed by atoms with Gasteiger partial charge in [-0.15, -0.1) is 0 Å². The van der Waals surface area contributed by atoms with E-state index < -0.39 is 0 Å². The zero-order valence-electron chi connectivity index (χ0n) is 9.86. The molecule has 0 aromatic heterocycles. The van der Waals surface area contributed by atoms with Gasteiger partial charge in [0.1, 0.15) is 0 Å². The van der Waals surface area contributed by atoms with Crippen LogP contribution in [0.25, 0.3) is 0 Å². The van der Waals surface area contributed by atoms with Crippen LogP contribution in [0.15, 0.2) is 24.3 Å².